The van der Waals surface area contributed by atoms with Crippen LogP contribution in [-0.4, -0.2) is 21.5 Å². The maximum Gasteiger partial charge on any atom is 0.263 e. The highest BCUT2D eigenvalue weighted by Crippen LogP contribution is 2.35. The first-order valence-electron chi connectivity index (χ1n) is 7.62. The van der Waals surface area contributed by atoms with Gasteiger partial charge in [0.05, 0.1) is 10.7 Å². The molecule has 1 atom stereocenters. The lowest BCUT2D eigenvalue weighted by atomic mass is 10.1. The summed E-state index contributed by atoms with van der Waals surface area (Å²) < 4.78 is 3.18. The number of rotatable bonds is 2. The Kier molecular flexibility index (Phi) is 3.62. The molecule has 3 aromatic rings. The van der Waals surface area contributed by atoms with Crippen LogP contribution in [0.15, 0.2) is 30.5 Å². The lowest BCUT2D eigenvalue weighted by molar-refractivity contribution is 0.0932. The Morgan fingerprint density at radius 1 is 1.43 bits per heavy atom. The van der Waals surface area contributed by atoms with Crippen molar-refractivity contribution < 1.29 is 4.79 Å². The van der Waals surface area contributed by atoms with Gasteiger partial charge in [-0.1, -0.05) is 29.8 Å². The van der Waals surface area contributed by atoms with Crippen molar-refractivity contribution in [3.05, 3.63) is 51.9 Å². The van der Waals surface area contributed by atoms with Crippen molar-refractivity contribution >= 4 is 38.9 Å². The number of amides is 1. The maximum atomic E-state index is 12.6. The zero-order valence-electron chi connectivity index (χ0n) is 12.7. The number of aromatic nitrogens is 2. The number of fused-ring (bicyclic) bond motifs is 2. The number of carbonyl (C=O) groups is 1. The van der Waals surface area contributed by atoms with Gasteiger partial charge in [-0.3, -0.25) is 4.79 Å². The summed E-state index contributed by atoms with van der Waals surface area (Å²) in [4.78, 5) is 17.7. The minimum absolute atomic E-state index is 0.0820. The number of nitrogens with one attached hydrogen (secondary N) is 1. The second-order valence-electron chi connectivity index (χ2n) is 5.90. The number of carbonyl (C=O) groups excluding carboxylic acids is 1. The van der Waals surface area contributed by atoms with Gasteiger partial charge >= 0.3 is 0 Å². The third kappa shape index (κ3) is 2.64. The summed E-state index contributed by atoms with van der Waals surface area (Å²) in [5, 5.41) is 4.62. The zero-order chi connectivity index (χ0) is 16.0. The Morgan fingerprint density at radius 2 is 2.26 bits per heavy atom. The van der Waals surface area contributed by atoms with Crippen LogP contribution in [0.1, 0.15) is 27.6 Å². The fourth-order valence-corrected chi connectivity index (χ4v) is 4.54. The number of halogens is 1. The van der Waals surface area contributed by atoms with E-state index in [1.165, 1.54) is 11.3 Å². The second kappa shape index (κ2) is 5.65. The molecular weight excluding hydrogens is 330 g/mol. The van der Waals surface area contributed by atoms with E-state index in [1.54, 1.807) is 0 Å². The standard InChI is InChI=1S/C17H16ClN3OS/c1-10-8-21-9-11(6-7-14(21)19-10)20-17(22)16-15(18)12-4-2-3-5-13(12)23-16/h2-5,8,11H,6-7,9H2,1H3,(H,20,22). The van der Waals surface area contributed by atoms with Crippen LogP contribution >= 0.6 is 22.9 Å². The summed E-state index contributed by atoms with van der Waals surface area (Å²) in [6.07, 6.45) is 3.84. The molecule has 0 saturated heterocycles. The van der Waals surface area contributed by atoms with Crippen LogP contribution < -0.4 is 5.32 Å². The lowest BCUT2D eigenvalue weighted by Crippen LogP contribution is -2.40. The molecule has 1 unspecified atom stereocenters. The summed E-state index contributed by atoms with van der Waals surface area (Å²) >= 11 is 7.84. The average molecular weight is 346 g/mol. The van der Waals surface area contributed by atoms with Gasteiger partial charge in [-0.05, 0) is 19.4 Å². The van der Waals surface area contributed by atoms with E-state index >= 15 is 0 Å². The summed E-state index contributed by atoms with van der Waals surface area (Å²) in [5.41, 5.74) is 1.03. The number of hydrogen-bond acceptors (Lipinski definition) is 3. The highest BCUT2D eigenvalue weighted by Gasteiger charge is 2.24. The Morgan fingerprint density at radius 3 is 3.09 bits per heavy atom. The van der Waals surface area contributed by atoms with E-state index in [-0.39, 0.29) is 11.9 Å². The molecule has 2 aromatic heterocycles. The van der Waals surface area contributed by atoms with Crippen LogP contribution in [0.25, 0.3) is 10.1 Å². The molecule has 0 spiro atoms. The molecule has 1 aliphatic heterocycles. The summed E-state index contributed by atoms with van der Waals surface area (Å²) in [7, 11) is 0. The molecule has 1 amide bonds. The van der Waals surface area contributed by atoms with Crippen molar-refractivity contribution in [2.24, 2.45) is 0 Å². The Balaban J connectivity index is 1.55. The number of thiophene rings is 1. The van der Waals surface area contributed by atoms with Crippen LogP contribution in [0.5, 0.6) is 0 Å². The molecule has 23 heavy (non-hydrogen) atoms. The van der Waals surface area contributed by atoms with Crippen molar-refractivity contribution in [1.82, 2.24) is 14.9 Å². The number of nitrogens with zero attached hydrogens (tertiary/aromatic N) is 2. The van der Waals surface area contributed by atoms with E-state index in [4.69, 9.17) is 11.6 Å². The van der Waals surface area contributed by atoms with Crippen LogP contribution in [0.2, 0.25) is 5.02 Å². The maximum absolute atomic E-state index is 12.6. The van der Waals surface area contributed by atoms with Crippen molar-refractivity contribution in [2.45, 2.75) is 32.4 Å². The van der Waals surface area contributed by atoms with Crippen LogP contribution in [0, 0.1) is 6.92 Å². The molecule has 6 heteroatoms. The fourth-order valence-electron chi connectivity index (χ4n) is 3.12. The quantitative estimate of drug-likeness (QED) is 0.767. The van der Waals surface area contributed by atoms with Crippen molar-refractivity contribution in [2.75, 3.05) is 0 Å². The van der Waals surface area contributed by atoms with Gasteiger partial charge in [0, 0.05) is 35.3 Å². The Labute approximate surface area is 143 Å². The predicted octanol–water partition coefficient (Wildman–Crippen LogP) is 3.80. The fraction of sp³-hybridized carbons (Fsp3) is 0.294. The van der Waals surface area contributed by atoms with E-state index < -0.39 is 0 Å². The zero-order valence-corrected chi connectivity index (χ0v) is 14.2. The third-order valence-corrected chi connectivity index (χ3v) is 5.86. The topological polar surface area (TPSA) is 46.9 Å². The smallest absolute Gasteiger partial charge is 0.263 e. The van der Waals surface area contributed by atoms with E-state index in [1.807, 2.05) is 37.4 Å². The monoisotopic (exact) mass is 345 g/mol. The van der Waals surface area contributed by atoms with Gasteiger partial charge in [-0.2, -0.15) is 0 Å². The van der Waals surface area contributed by atoms with Gasteiger partial charge in [0.15, 0.2) is 0 Å². The Hall–Kier alpha value is -1.85. The van der Waals surface area contributed by atoms with Crippen LogP contribution in [0.4, 0.5) is 0 Å². The summed E-state index contributed by atoms with van der Waals surface area (Å²) in [5.74, 6) is 1.02. The number of hydrogen-bond donors (Lipinski definition) is 1. The van der Waals surface area contributed by atoms with Gasteiger partial charge in [0.2, 0.25) is 0 Å². The molecule has 0 radical (unpaired) electrons. The molecule has 0 saturated carbocycles. The normalized spacial score (nSPS) is 17.2. The number of aryl methyl sites for hydroxylation is 2. The highest BCUT2D eigenvalue weighted by molar-refractivity contribution is 7.21. The molecule has 1 N–H and O–H groups in total. The SMILES string of the molecule is Cc1cn2c(n1)CCC(NC(=O)c1sc3ccccc3c1Cl)C2. The van der Waals surface area contributed by atoms with E-state index in [9.17, 15) is 4.79 Å². The first-order valence-corrected chi connectivity index (χ1v) is 8.82. The van der Waals surface area contributed by atoms with Crippen molar-refractivity contribution in [3.8, 4) is 0 Å². The average Bonchev–Trinajstić information content (AvgIpc) is 3.07. The van der Waals surface area contributed by atoms with E-state index in [0.29, 0.717) is 9.90 Å². The molecular formula is C17H16ClN3OS. The molecule has 4 nitrogen and oxygen atoms in total. The second-order valence-corrected chi connectivity index (χ2v) is 7.33. The minimum atomic E-state index is -0.0820. The molecule has 0 aliphatic carbocycles. The lowest BCUT2D eigenvalue weighted by Gasteiger charge is -2.24. The highest BCUT2D eigenvalue weighted by atomic mass is 35.5. The largest absolute Gasteiger partial charge is 0.347 e. The van der Waals surface area contributed by atoms with Crippen LogP contribution in [-0.2, 0) is 13.0 Å². The molecule has 1 aliphatic rings. The van der Waals surface area contributed by atoms with E-state index in [0.717, 1.165) is 41.0 Å². The molecule has 118 valence electrons. The predicted molar refractivity (Wildman–Crippen MR) is 93.4 cm³/mol. The van der Waals surface area contributed by atoms with E-state index in [2.05, 4.69) is 14.9 Å². The van der Waals surface area contributed by atoms with Crippen molar-refractivity contribution in [3.63, 3.8) is 0 Å². The molecule has 0 bridgehead atoms. The van der Waals surface area contributed by atoms with Gasteiger partial charge in [-0.25, -0.2) is 4.98 Å². The van der Waals surface area contributed by atoms with Gasteiger partial charge < -0.3 is 9.88 Å². The minimum Gasteiger partial charge on any atom is -0.347 e. The van der Waals surface area contributed by atoms with Gasteiger partial charge in [0.1, 0.15) is 10.7 Å². The third-order valence-electron chi connectivity index (χ3n) is 4.19. The molecule has 3 heterocycles. The molecule has 1 aromatic carbocycles. The summed E-state index contributed by atoms with van der Waals surface area (Å²) in [6, 6.07) is 7.95. The van der Waals surface area contributed by atoms with Crippen molar-refractivity contribution in [1.29, 1.82) is 0 Å². The number of imidazole rings is 1. The molecule has 4 rings (SSSR count). The van der Waals surface area contributed by atoms with Gasteiger partial charge in [-0.15, -0.1) is 11.3 Å². The number of benzene rings is 1. The molecule has 0 fully saturated rings. The van der Waals surface area contributed by atoms with Gasteiger partial charge in [0.25, 0.3) is 5.91 Å². The first kappa shape index (κ1) is 14.7. The Bertz CT molecular complexity index is 899. The van der Waals surface area contributed by atoms with Crippen LogP contribution in [0.3, 0.4) is 0 Å². The first-order chi connectivity index (χ1) is 11.1. The summed E-state index contributed by atoms with van der Waals surface area (Å²) in [6.45, 7) is 2.76.